The maximum atomic E-state index is 12.9. The first kappa shape index (κ1) is 18.2. The van der Waals surface area contributed by atoms with Crippen LogP contribution in [0.3, 0.4) is 0 Å². The molecule has 1 aliphatic heterocycles. The van der Waals surface area contributed by atoms with Crippen LogP contribution in [0.1, 0.15) is 40.5 Å². The highest BCUT2D eigenvalue weighted by Crippen LogP contribution is 2.18. The van der Waals surface area contributed by atoms with Crippen molar-refractivity contribution in [3.05, 3.63) is 59.5 Å². The van der Waals surface area contributed by atoms with E-state index >= 15 is 0 Å². The van der Waals surface area contributed by atoms with Crippen LogP contribution in [-0.4, -0.2) is 44.6 Å². The zero-order valence-corrected chi connectivity index (χ0v) is 16.1. The molecular weight excluding hydrogens is 354 g/mol. The van der Waals surface area contributed by atoms with Gasteiger partial charge in [-0.3, -0.25) is 14.3 Å². The Morgan fingerprint density at radius 2 is 1.93 bits per heavy atom. The molecule has 7 heteroatoms. The highest BCUT2D eigenvalue weighted by molar-refractivity contribution is 5.95. The summed E-state index contributed by atoms with van der Waals surface area (Å²) in [5, 5.41) is 8.27. The summed E-state index contributed by atoms with van der Waals surface area (Å²) in [4.78, 5) is 31.4. The third kappa shape index (κ3) is 3.60. The van der Waals surface area contributed by atoms with Crippen LogP contribution in [0.4, 0.5) is 0 Å². The summed E-state index contributed by atoms with van der Waals surface area (Å²) in [6, 6.07) is 13.2. The van der Waals surface area contributed by atoms with E-state index in [0.717, 1.165) is 16.6 Å². The Hall–Kier alpha value is -3.22. The van der Waals surface area contributed by atoms with Gasteiger partial charge in [-0.1, -0.05) is 38.1 Å². The second-order valence-electron chi connectivity index (χ2n) is 7.46. The van der Waals surface area contributed by atoms with Crippen LogP contribution in [0.2, 0.25) is 0 Å². The molecule has 0 fully saturated rings. The van der Waals surface area contributed by atoms with Crippen molar-refractivity contribution in [1.29, 1.82) is 0 Å². The van der Waals surface area contributed by atoms with Crippen molar-refractivity contribution in [3.63, 3.8) is 0 Å². The lowest BCUT2D eigenvalue weighted by molar-refractivity contribution is 0.0700. The van der Waals surface area contributed by atoms with Crippen LogP contribution < -0.4 is 5.32 Å². The van der Waals surface area contributed by atoms with Gasteiger partial charge in [-0.05, 0) is 24.1 Å². The third-order valence-corrected chi connectivity index (χ3v) is 4.81. The molecule has 144 valence electrons. The highest BCUT2D eigenvalue weighted by atomic mass is 16.2. The summed E-state index contributed by atoms with van der Waals surface area (Å²) in [5.41, 5.74) is 2.49. The number of nitrogens with one attached hydrogen (secondary N) is 1. The van der Waals surface area contributed by atoms with Gasteiger partial charge < -0.3 is 10.2 Å². The minimum absolute atomic E-state index is 0.107. The van der Waals surface area contributed by atoms with Crippen molar-refractivity contribution in [2.75, 3.05) is 13.1 Å². The predicted molar refractivity (Wildman–Crippen MR) is 106 cm³/mol. The molecule has 3 aromatic rings. The Kier molecular flexibility index (Phi) is 4.81. The second kappa shape index (κ2) is 7.42. The zero-order valence-electron chi connectivity index (χ0n) is 16.1. The number of para-hydroxylation sites is 1. The van der Waals surface area contributed by atoms with Crippen LogP contribution in [0.15, 0.2) is 42.5 Å². The normalized spacial score (nSPS) is 13.6. The molecule has 0 atom stereocenters. The molecule has 2 aromatic heterocycles. The number of aromatic nitrogens is 3. The van der Waals surface area contributed by atoms with Gasteiger partial charge in [0.05, 0.1) is 24.3 Å². The topological polar surface area (TPSA) is 80.1 Å². The van der Waals surface area contributed by atoms with Gasteiger partial charge >= 0.3 is 0 Å². The number of fused-ring (bicyclic) bond motifs is 2. The van der Waals surface area contributed by atoms with Crippen LogP contribution in [-0.2, 0) is 13.1 Å². The Morgan fingerprint density at radius 1 is 1.11 bits per heavy atom. The SMILES string of the molecule is CC(C)CNC(=O)c1cc2n(n1)CCN(C(=O)c1ccc3ccccc3n1)C2. The predicted octanol–water partition coefficient (Wildman–Crippen LogP) is 2.47. The molecule has 2 amide bonds. The zero-order chi connectivity index (χ0) is 19.7. The van der Waals surface area contributed by atoms with Crippen molar-refractivity contribution < 1.29 is 9.59 Å². The summed E-state index contributed by atoms with van der Waals surface area (Å²) in [6.45, 7) is 6.21. The Balaban J connectivity index is 1.50. The van der Waals surface area contributed by atoms with Gasteiger partial charge in [0.2, 0.25) is 0 Å². The number of pyridine rings is 1. The maximum absolute atomic E-state index is 12.9. The van der Waals surface area contributed by atoms with Crippen molar-refractivity contribution in [2.45, 2.75) is 26.9 Å². The van der Waals surface area contributed by atoms with Gasteiger partial charge in [0.15, 0.2) is 5.69 Å². The minimum atomic E-state index is -0.176. The standard InChI is InChI=1S/C21H23N5O2/c1-14(2)12-22-20(27)19-11-16-13-25(9-10-26(16)24-19)21(28)18-8-7-15-5-3-4-6-17(15)23-18/h3-8,11,14H,9-10,12-13H2,1-2H3,(H,22,27). The number of benzene rings is 1. The molecule has 1 aromatic carbocycles. The van der Waals surface area contributed by atoms with Crippen LogP contribution in [0.25, 0.3) is 10.9 Å². The number of carbonyl (C=O) groups excluding carboxylic acids is 2. The van der Waals surface area contributed by atoms with Crippen LogP contribution in [0.5, 0.6) is 0 Å². The van der Waals surface area contributed by atoms with Crippen molar-refractivity contribution in [1.82, 2.24) is 25.0 Å². The molecule has 0 unspecified atom stereocenters. The lowest BCUT2D eigenvalue weighted by Crippen LogP contribution is -2.38. The van der Waals surface area contributed by atoms with Crippen molar-refractivity contribution in [3.8, 4) is 0 Å². The average molecular weight is 377 g/mol. The molecule has 4 rings (SSSR count). The average Bonchev–Trinajstić information content (AvgIpc) is 3.14. The monoisotopic (exact) mass is 377 g/mol. The van der Waals surface area contributed by atoms with Crippen LogP contribution in [0, 0.1) is 5.92 Å². The quantitative estimate of drug-likeness (QED) is 0.757. The molecule has 0 saturated carbocycles. The van der Waals surface area contributed by atoms with E-state index in [-0.39, 0.29) is 11.8 Å². The number of hydrogen-bond donors (Lipinski definition) is 1. The molecule has 0 aliphatic carbocycles. The first-order valence-electron chi connectivity index (χ1n) is 9.51. The van der Waals surface area contributed by atoms with E-state index in [9.17, 15) is 9.59 Å². The maximum Gasteiger partial charge on any atom is 0.272 e. The van der Waals surface area contributed by atoms with Crippen LogP contribution >= 0.6 is 0 Å². The van der Waals surface area contributed by atoms with Crippen molar-refractivity contribution >= 4 is 22.7 Å². The molecule has 0 bridgehead atoms. The van der Waals surface area contributed by atoms with E-state index in [2.05, 4.69) is 15.4 Å². The fourth-order valence-electron chi connectivity index (χ4n) is 3.29. The molecular formula is C21H23N5O2. The molecule has 0 radical (unpaired) electrons. The Morgan fingerprint density at radius 3 is 2.75 bits per heavy atom. The number of rotatable bonds is 4. The van der Waals surface area contributed by atoms with Gasteiger partial charge in [-0.2, -0.15) is 5.10 Å². The summed E-state index contributed by atoms with van der Waals surface area (Å²) in [6.07, 6.45) is 0. The molecule has 28 heavy (non-hydrogen) atoms. The van der Waals surface area contributed by atoms with E-state index in [4.69, 9.17) is 0 Å². The highest BCUT2D eigenvalue weighted by Gasteiger charge is 2.25. The smallest absolute Gasteiger partial charge is 0.272 e. The molecule has 0 saturated heterocycles. The number of amides is 2. The van der Waals surface area contributed by atoms with E-state index in [1.165, 1.54) is 0 Å². The summed E-state index contributed by atoms with van der Waals surface area (Å²) in [7, 11) is 0. The molecule has 7 nitrogen and oxygen atoms in total. The van der Waals surface area contributed by atoms with Gasteiger partial charge in [0.1, 0.15) is 5.69 Å². The lowest BCUT2D eigenvalue weighted by atomic mass is 10.2. The first-order valence-corrected chi connectivity index (χ1v) is 9.51. The van der Waals surface area contributed by atoms with E-state index in [0.29, 0.717) is 43.5 Å². The van der Waals surface area contributed by atoms with Gasteiger partial charge in [-0.15, -0.1) is 0 Å². The van der Waals surface area contributed by atoms with E-state index in [1.54, 1.807) is 17.0 Å². The number of carbonyl (C=O) groups is 2. The van der Waals surface area contributed by atoms with Gasteiger partial charge in [0, 0.05) is 18.5 Å². The molecule has 1 N–H and O–H groups in total. The fraction of sp³-hybridized carbons (Fsp3) is 0.333. The van der Waals surface area contributed by atoms with Gasteiger partial charge in [-0.25, -0.2) is 4.98 Å². The van der Waals surface area contributed by atoms with Crippen molar-refractivity contribution in [2.24, 2.45) is 5.92 Å². The molecule has 3 heterocycles. The Labute approximate surface area is 163 Å². The second-order valence-corrected chi connectivity index (χ2v) is 7.46. The largest absolute Gasteiger partial charge is 0.350 e. The molecule has 0 spiro atoms. The number of hydrogen-bond acceptors (Lipinski definition) is 4. The first-order chi connectivity index (χ1) is 13.5. The molecule has 1 aliphatic rings. The van der Waals surface area contributed by atoms with E-state index in [1.807, 2.05) is 48.9 Å². The summed E-state index contributed by atoms with van der Waals surface area (Å²) >= 11 is 0. The number of nitrogens with zero attached hydrogens (tertiary/aromatic N) is 4. The fourth-order valence-corrected chi connectivity index (χ4v) is 3.29. The van der Waals surface area contributed by atoms with E-state index < -0.39 is 0 Å². The lowest BCUT2D eigenvalue weighted by Gasteiger charge is -2.27. The van der Waals surface area contributed by atoms with Gasteiger partial charge in [0.25, 0.3) is 11.8 Å². The third-order valence-electron chi connectivity index (χ3n) is 4.81. The summed E-state index contributed by atoms with van der Waals surface area (Å²) in [5.74, 6) is 0.0949. The summed E-state index contributed by atoms with van der Waals surface area (Å²) < 4.78 is 1.81. The Bertz CT molecular complexity index is 1040. The minimum Gasteiger partial charge on any atom is -0.350 e.